The van der Waals surface area contributed by atoms with Gasteiger partial charge in [0.2, 0.25) is 0 Å². The fraction of sp³-hybridized carbons (Fsp3) is 0.200. The van der Waals surface area contributed by atoms with Crippen molar-refractivity contribution in [1.29, 1.82) is 0 Å². The van der Waals surface area contributed by atoms with E-state index in [0.29, 0.717) is 5.69 Å². The van der Waals surface area contributed by atoms with Crippen LogP contribution < -0.4 is 5.73 Å². The molecule has 0 heterocycles. The van der Waals surface area contributed by atoms with Crippen LogP contribution in [0.25, 0.3) is 0 Å². The first-order valence-corrected chi connectivity index (χ1v) is 6.92. The summed E-state index contributed by atoms with van der Waals surface area (Å²) in [4.78, 5) is 0.868. The van der Waals surface area contributed by atoms with Gasteiger partial charge in [-0.15, -0.1) is 11.8 Å². The molecule has 2 rings (SSSR count). The topological polar surface area (TPSA) is 26.0 Å². The Morgan fingerprint density at radius 1 is 1.06 bits per heavy atom. The Bertz CT molecular complexity index is 502. The second-order valence-electron chi connectivity index (χ2n) is 4.18. The normalized spacial score (nSPS) is 10.6. The van der Waals surface area contributed by atoms with E-state index in [4.69, 9.17) is 5.73 Å². The van der Waals surface area contributed by atoms with Crippen LogP contribution in [0.3, 0.4) is 0 Å². The minimum atomic E-state index is -0.279. The van der Waals surface area contributed by atoms with Gasteiger partial charge in [0.25, 0.3) is 0 Å². The molecule has 0 saturated heterocycles. The molecule has 0 saturated carbocycles. The molecular weight excluding hydrogens is 245 g/mol. The number of aryl methyl sites for hydroxylation is 1. The summed E-state index contributed by atoms with van der Waals surface area (Å²) in [5.41, 5.74) is 8.65. The fourth-order valence-corrected chi connectivity index (χ4v) is 2.65. The average Bonchev–Trinajstić information content (AvgIpc) is 2.36. The van der Waals surface area contributed by atoms with Crippen LogP contribution in [-0.4, -0.2) is 0 Å². The first-order valence-electron chi connectivity index (χ1n) is 5.94. The molecule has 0 aliphatic carbocycles. The van der Waals surface area contributed by atoms with Gasteiger partial charge in [0.05, 0.1) is 0 Å². The van der Waals surface area contributed by atoms with Gasteiger partial charge in [0.15, 0.2) is 0 Å². The Hall–Kier alpha value is -1.48. The summed E-state index contributed by atoms with van der Waals surface area (Å²) in [5, 5.41) is 0. The maximum atomic E-state index is 13.2. The van der Waals surface area contributed by atoms with Crippen LogP contribution >= 0.6 is 11.8 Å². The minimum Gasteiger partial charge on any atom is -0.399 e. The van der Waals surface area contributed by atoms with Gasteiger partial charge in [-0.3, -0.25) is 0 Å². The van der Waals surface area contributed by atoms with E-state index in [9.17, 15) is 4.39 Å². The van der Waals surface area contributed by atoms with Crippen molar-refractivity contribution in [3.8, 4) is 0 Å². The highest BCUT2D eigenvalue weighted by molar-refractivity contribution is 7.98. The van der Waals surface area contributed by atoms with Crippen LogP contribution in [-0.2, 0) is 12.2 Å². The van der Waals surface area contributed by atoms with Crippen LogP contribution in [0.15, 0.2) is 47.4 Å². The molecule has 0 radical (unpaired) electrons. The molecule has 94 valence electrons. The van der Waals surface area contributed by atoms with Crippen LogP contribution in [0.2, 0.25) is 0 Å². The minimum absolute atomic E-state index is 0.279. The van der Waals surface area contributed by atoms with E-state index in [2.05, 4.69) is 31.2 Å². The summed E-state index contributed by atoms with van der Waals surface area (Å²) < 4.78 is 13.2. The maximum Gasteiger partial charge on any atom is 0.126 e. The van der Waals surface area contributed by atoms with Gasteiger partial charge in [-0.2, -0.15) is 0 Å². The zero-order valence-corrected chi connectivity index (χ0v) is 11.1. The summed E-state index contributed by atoms with van der Waals surface area (Å²) in [6.45, 7) is 2.14. The maximum absolute atomic E-state index is 13.2. The van der Waals surface area contributed by atoms with Crippen molar-refractivity contribution >= 4 is 17.4 Å². The number of nitrogen functional groups attached to an aromatic ring is 1. The number of halogens is 1. The zero-order chi connectivity index (χ0) is 13.0. The lowest BCUT2D eigenvalue weighted by Crippen LogP contribution is -1.88. The number of hydrogen-bond donors (Lipinski definition) is 1. The van der Waals surface area contributed by atoms with Crippen LogP contribution in [0.5, 0.6) is 0 Å². The third-order valence-corrected chi connectivity index (χ3v) is 3.78. The van der Waals surface area contributed by atoms with Crippen molar-refractivity contribution in [2.45, 2.75) is 24.0 Å². The first-order chi connectivity index (χ1) is 8.67. The highest BCUT2D eigenvalue weighted by Gasteiger charge is 2.00. The van der Waals surface area contributed by atoms with E-state index in [0.717, 1.165) is 17.1 Å². The number of benzene rings is 2. The lowest BCUT2D eigenvalue weighted by molar-refractivity contribution is 0.625. The molecule has 0 aliphatic rings. The molecule has 18 heavy (non-hydrogen) atoms. The smallest absolute Gasteiger partial charge is 0.126 e. The molecule has 2 aromatic rings. The van der Waals surface area contributed by atoms with E-state index in [1.54, 1.807) is 17.8 Å². The Balaban J connectivity index is 2.01. The van der Waals surface area contributed by atoms with Gasteiger partial charge in [-0.25, -0.2) is 4.39 Å². The molecule has 0 aromatic heterocycles. The van der Waals surface area contributed by atoms with Crippen molar-refractivity contribution in [2.75, 3.05) is 5.73 Å². The van der Waals surface area contributed by atoms with E-state index in [1.165, 1.54) is 23.3 Å². The molecule has 0 atom stereocenters. The number of anilines is 1. The van der Waals surface area contributed by atoms with Gasteiger partial charge in [-0.1, -0.05) is 31.2 Å². The molecule has 0 spiro atoms. The van der Waals surface area contributed by atoms with Gasteiger partial charge in [0.1, 0.15) is 5.82 Å². The Labute approximate surface area is 111 Å². The molecule has 3 heteroatoms. The molecule has 2 N–H and O–H groups in total. The largest absolute Gasteiger partial charge is 0.399 e. The second-order valence-corrected chi connectivity index (χ2v) is 5.23. The van der Waals surface area contributed by atoms with Crippen LogP contribution in [0, 0.1) is 5.82 Å². The summed E-state index contributed by atoms with van der Waals surface area (Å²) >= 11 is 1.60. The van der Waals surface area contributed by atoms with E-state index < -0.39 is 0 Å². The van der Waals surface area contributed by atoms with Crippen molar-refractivity contribution in [3.63, 3.8) is 0 Å². The van der Waals surface area contributed by atoms with E-state index in [1.807, 2.05) is 0 Å². The summed E-state index contributed by atoms with van der Waals surface area (Å²) in [7, 11) is 0. The monoisotopic (exact) mass is 261 g/mol. The lowest BCUT2D eigenvalue weighted by Gasteiger charge is -2.04. The van der Waals surface area contributed by atoms with Crippen molar-refractivity contribution in [1.82, 2.24) is 0 Å². The number of rotatable bonds is 4. The van der Waals surface area contributed by atoms with Crippen LogP contribution in [0.1, 0.15) is 18.1 Å². The van der Waals surface area contributed by atoms with Gasteiger partial charge in [-0.05, 0) is 35.7 Å². The molecule has 0 amide bonds. The summed E-state index contributed by atoms with van der Waals surface area (Å²) in [6, 6.07) is 13.2. The molecule has 0 unspecified atom stereocenters. The van der Waals surface area contributed by atoms with Gasteiger partial charge in [0, 0.05) is 16.3 Å². The van der Waals surface area contributed by atoms with Gasteiger partial charge < -0.3 is 5.73 Å². The standard InChI is InChI=1S/C15H16FNS/c1-2-11-3-5-12(6-4-11)10-18-15-8-13(16)7-14(17)9-15/h3-9H,2,10,17H2,1H3. The Morgan fingerprint density at radius 2 is 1.72 bits per heavy atom. The highest BCUT2D eigenvalue weighted by atomic mass is 32.2. The predicted molar refractivity (Wildman–Crippen MR) is 76.2 cm³/mol. The molecular formula is C15H16FNS. The first kappa shape index (κ1) is 13.0. The van der Waals surface area contributed by atoms with Crippen molar-refractivity contribution in [2.24, 2.45) is 0 Å². The third kappa shape index (κ3) is 3.50. The number of nitrogens with two attached hydrogens (primary N) is 1. The highest BCUT2D eigenvalue weighted by Crippen LogP contribution is 2.25. The van der Waals surface area contributed by atoms with Crippen molar-refractivity contribution in [3.05, 3.63) is 59.4 Å². The molecule has 1 nitrogen and oxygen atoms in total. The lowest BCUT2D eigenvalue weighted by atomic mass is 10.1. The fourth-order valence-electron chi connectivity index (χ4n) is 1.71. The van der Waals surface area contributed by atoms with E-state index >= 15 is 0 Å². The summed E-state index contributed by atoms with van der Waals surface area (Å²) in [6.07, 6.45) is 1.05. The number of thioether (sulfide) groups is 1. The van der Waals surface area contributed by atoms with Crippen LogP contribution in [0.4, 0.5) is 10.1 Å². The molecule has 0 fully saturated rings. The Morgan fingerprint density at radius 3 is 2.33 bits per heavy atom. The van der Waals surface area contributed by atoms with Gasteiger partial charge >= 0.3 is 0 Å². The molecule has 0 aliphatic heterocycles. The molecule has 2 aromatic carbocycles. The van der Waals surface area contributed by atoms with Crippen molar-refractivity contribution < 1.29 is 4.39 Å². The molecule has 0 bridgehead atoms. The van der Waals surface area contributed by atoms with E-state index in [-0.39, 0.29) is 5.82 Å². The second kappa shape index (κ2) is 5.91. The summed E-state index contributed by atoms with van der Waals surface area (Å²) in [5.74, 6) is 0.547. The zero-order valence-electron chi connectivity index (χ0n) is 10.3. The Kier molecular flexibility index (Phi) is 4.26. The number of hydrogen-bond acceptors (Lipinski definition) is 2. The SMILES string of the molecule is CCc1ccc(CSc2cc(N)cc(F)c2)cc1. The average molecular weight is 261 g/mol. The quantitative estimate of drug-likeness (QED) is 0.657. The third-order valence-electron chi connectivity index (χ3n) is 2.73. The predicted octanol–water partition coefficient (Wildman–Crippen LogP) is 4.26.